The number of hydrogen-bond donors (Lipinski definition) is 1. The molecule has 1 aromatic carbocycles. The van der Waals surface area contributed by atoms with Crippen LogP contribution in [0.2, 0.25) is 0 Å². The molecule has 0 radical (unpaired) electrons. The molecule has 4 rings (SSSR count). The van der Waals surface area contributed by atoms with E-state index in [0.29, 0.717) is 29.8 Å². The number of H-pyrrole nitrogens is 1. The van der Waals surface area contributed by atoms with Gasteiger partial charge >= 0.3 is 6.09 Å². The van der Waals surface area contributed by atoms with Gasteiger partial charge in [0, 0.05) is 19.3 Å². The van der Waals surface area contributed by atoms with Gasteiger partial charge in [-0.05, 0) is 45.7 Å². The quantitative estimate of drug-likeness (QED) is 0.718. The second-order valence-electron chi connectivity index (χ2n) is 8.34. The Hall–Kier alpha value is -3.16. The standard InChI is InChI=1S/C21H25N5O3/c1-21(2,3)29-20(28)25-10-8-15(9-11-25)26-13-14(12-22-26)18-23-17-7-5-4-6-16(17)19(27)24-18/h4-7,12-13,15H,8-11H2,1-3H3,(H,23,24,27). The first kappa shape index (κ1) is 19.2. The van der Waals surface area contributed by atoms with Crippen LogP contribution in [0.4, 0.5) is 4.79 Å². The first-order chi connectivity index (χ1) is 13.8. The van der Waals surface area contributed by atoms with Crippen molar-refractivity contribution in [2.75, 3.05) is 13.1 Å². The Morgan fingerprint density at radius 1 is 1.21 bits per heavy atom. The molecule has 0 bridgehead atoms. The van der Waals surface area contributed by atoms with Crippen LogP contribution in [0.15, 0.2) is 41.5 Å². The first-order valence-corrected chi connectivity index (χ1v) is 9.82. The molecule has 0 aliphatic carbocycles. The van der Waals surface area contributed by atoms with E-state index in [2.05, 4.69) is 15.1 Å². The minimum atomic E-state index is -0.491. The van der Waals surface area contributed by atoms with E-state index in [9.17, 15) is 9.59 Å². The van der Waals surface area contributed by atoms with Crippen LogP contribution in [0, 0.1) is 0 Å². The van der Waals surface area contributed by atoms with Gasteiger partial charge in [0.2, 0.25) is 0 Å². The molecule has 152 valence electrons. The molecule has 1 aliphatic heterocycles. The van der Waals surface area contributed by atoms with Crippen LogP contribution in [0.5, 0.6) is 0 Å². The van der Waals surface area contributed by atoms with Crippen molar-refractivity contribution in [2.45, 2.75) is 45.3 Å². The fourth-order valence-corrected chi connectivity index (χ4v) is 3.52. The third-order valence-corrected chi connectivity index (χ3v) is 4.98. The predicted molar refractivity (Wildman–Crippen MR) is 110 cm³/mol. The highest BCUT2D eigenvalue weighted by Crippen LogP contribution is 2.25. The Bertz CT molecular complexity index is 1090. The number of rotatable bonds is 2. The molecule has 1 aliphatic rings. The van der Waals surface area contributed by atoms with Crippen molar-refractivity contribution >= 4 is 17.0 Å². The largest absolute Gasteiger partial charge is 0.444 e. The smallest absolute Gasteiger partial charge is 0.410 e. The molecular formula is C21H25N5O3. The molecule has 29 heavy (non-hydrogen) atoms. The normalized spacial score (nSPS) is 15.6. The lowest BCUT2D eigenvalue weighted by molar-refractivity contribution is 0.0185. The molecule has 1 amide bonds. The van der Waals surface area contributed by atoms with Crippen LogP contribution in [0.3, 0.4) is 0 Å². The number of ether oxygens (including phenoxy) is 1. The number of aromatic amines is 1. The minimum absolute atomic E-state index is 0.163. The van der Waals surface area contributed by atoms with Gasteiger partial charge in [-0.15, -0.1) is 0 Å². The number of piperidine rings is 1. The molecule has 0 spiro atoms. The number of amides is 1. The number of carbonyl (C=O) groups is 1. The zero-order valence-corrected chi connectivity index (χ0v) is 16.9. The maximum Gasteiger partial charge on any atom is 0.410 e. The number of fused-ring (bicyclic) bond motifs is 1. The van der Waals surface area contributed by atoms with E-state index < -0.39 is 5.60 Å². The molecule has 1 fully saturated rings. The Balaban J connectivity index is 1.47. The second-order valence-corrected chi connectivity index (χ2v) is 8.34. The Morgan fingerprint density at radius 3 is 2.66 bits per heavy atom. The maximum atomic E-state index is 12.3. The molecule has 2 aromatic heterocycles. The van der Waals surface area contributed by atoms with Crippen molar-refractivity contribution in [3.8, 4) is 11.4 Å². The highest BCUT2D eigenvalue weighted by atomic mass is 16.6. The number of benzene rings is 1. The van der Waals surface area contributed by atoms with Crippen molar-refractivity contribution in [3.63, 3.8) is 0 Å². The van der Waals surface area contributed by atoms with Crippen LogP contribution in [0.1, 0.15) is 39.7 Å². The summed E-state index contributed by atoms with van der Waals surface area (Å²) in [5, 5.41) is 5.04. The monoisotopic (exact) mass is 395 g/mol. The van der Waals surface area contributed by atoms with E-state index in [1.807, 2.05) is 49.8 Å². The van der Waals surface area contributed by atoms with Gasteiger partial charge < -0.3 is 14.6 Å². The summed E-state index contributed by atoms with van der Waals surface area (Å²) in [6, 6.07) is 7.45. The molecular weight excluding hydrogens is 370 g/mol. The van der Waals surface area contributed by atoms with Crippen molar-refractivity contribution in [2.24, 2.45) is 0 Å². The molecule has 1 N–H and O–H groups in total. The van der Waals surface area contributed by atoms with E-state index >= 15 is 0 Å². The molecule has 0 atom stereocenters. The molecule has 3 heterocycles. The van der Waals surface area contributed by atoms with Crippen molar-refractivity contribution in [3.05, 3.63) is 47.0 Å². The lowest BCUT2D eigenvalue weighted by Crippen LogP contribution is -2.42. The van der Waals surface area contributed by atoms with E-state index in [1.54, 1.807) is 17.2 Å². The van der Waals surface area contributed by atoms with E-state index in [-0.39, 0.29) is 17.7 Å². The van der Waals surface area contributed by atoms with Gasteiger partial charge in [-0.2, -0.15) is 5.10 Å². The lowest BCUT2D eigenvalue weighted by atomic mass is 10.1. The Kier molecular flexibility index (Phi) is 4.86. The van der Waals surface area contributed by atoms with Gasteiger partial charge in [0.15, 0.2) is 0 Å². The summed E-state index contributed by atoms with van der Waals surface area (Å²) in [5.41, 5.74) is 0.769. The fourth-order valence-electron chi connectivity index (χ4n) is 3.52. The van der Waals surface area contributed by atoms with Gasteiger partial charge in [0.1, 0.15) is 11.4 Å². The maximum absolute atomic E-state index is 12.3. The lowest BCUT2D eigenvalue weighted by Gasteiger charge is -2.33. The zero-order chi connectivity index (χ0) is 20.6. The van der Waals surface area contributed by atoms with Crippen LogP contribution < -0.4 is 5.56 Å². The summed E-state index contributed by atoms with van der Waals surface area (Å²) >= 11 is 0. The number of para-hydroxylation sites is 1. The minimum Gasteiger partial charge on any atom is -0.444 e. The van der Waals surface area contributed by atoms with Crippen LogP contribution in [-0.4, -0.2) is 49.4 Å². The molecule has 3 aromatic rings. The van der Waals surface area contributed by atoms with E-state index in [4.69, 9.17) is 4.74 Å². The van der Waals surface area contributed by atoms with Crippen molar-refractivity contribution in [1.29, 1.82) is 0 Å². The number of likely N-dealkylation sites (tertiary alicyclic amines) is 1. The summed E-state index contributed by atoms with van der Waals surface area (Å²) in [4.78, 5) is 33.7. The van der Waals surface area contributed by atoms with Gasteiger partial charge in [0.25, 0.3) is 5.56 Å². The van der Waals surface area contributed by atoms with Gasteiger partial charge in [-0.3, -0.25) is 9.48 Å². The van der Waals surface area contributed by atoms with E-state index in [0.717, 1.165) is 18.4 Å². The van der Waals surface area contributed by atoms with Crippen molar-refractivity contribution < 1.29 is 9.53 Å². The summed E-state index contributed by atoms with van der Waals surface area (Å²) < 4.78 is 7.35. The molecule has 0 unspecified atom stereocenters. The molecule has 8 nitrogen and oxygen atoms in total. The van der Waals surface area contributed by atoms with Crippen LogP contribution in [0.25, 0.3) is 22.3 Å². The highest BCUT2D eigenvalue weighted by molar-refractivity contribution is 5.79. The van der Waals surface area contributed by atoms with Crippen LogP contribution >= 0.6 is 0 Å². The average Bonchev–Trinajstić information content (AvgIpc) is 3.17. The highest BCUT2D eigenvalue weighted by Gasteiger charge is 2.28. The van der Waals surface area contributed by atoms with Crippen molar-refractivity contribution in [1.82, 2.24) is 24.6 Å². The summed E-state index contributed by atoms with van der Waals surface area (Å²) in [6.07, 6.45) is 4.94. The average molecular weight is 395 g/mol. The summed E-state index contributed by atoms with van der Waals surface area (Å²) in [6.45, 7) is 6.86. The predicted octanol–water partition coefficient (Wildman–Crippen LogP) is 3.36. The third-order valence-electron chi connectivity index (χ3n) is 4.98. The zero-order valence-electron chi connectivity index (χ0n) is 16.9. The molecule has 8 heteroatoms. The number of carbonyl (C=O) groups excluding carboxylic acids is 1. The molecule has 0 saturated carbocycles. The number of hydrogen-bond acceptors (Lipinski definition) is 5. The third kappa shape index (κ3) is 4.16. The van der Waals surface area contributed by atoms with Gasteiger partial charge in [-0.1, -0.05) is 12.1 Å². The Labute approximate surface area is 168 Å². The summed E-state index contributed by atoms with van der Waals surface area (Å²) in [5.74, 6) is 0.506. The summed E-state index contributed by atoms with van der Waals surface area (Å²) in [7, 11) is 0. The first-order valence-electron chi connectivity index (χ1n) is 9.82. The number of aromatic nitrogens is 4. The number of nitrogens with zero attached hydrogens (tertiary/aromatic N) is 4. The topological polar surface area (TPSA) is 93.1 Å². The SMILES string of the molecule is CC(C)(C)OC(=O)N1CCC(n2cc(-c3nc4ccccc4c(=O)[nH]3)cn2)CC1. The van der Waals surface area contributed by atoms with Crippen LogP contribution in [-0.2, 0) is 4.74 Å². The van der Waals surface area contributed by atoms with Gasteiger partial charge in [0.05, 0.1) is 28.7 Å². The molecule has 1 saturated heterocycles. The van der Waals surface area contributed by atoms with Gasteiger partial charge in [-0.25, -0.2) is 9.78 Å². The van der Waals surface area contributed by atoms with E-state index in [1.165, 1.54) is 0 Å². The Morgan fingerprint density at radius 2 is 1.93 bits per heavy atom. The second kappa shape index (κ2) is 7.35. The number of nitrogens with one attached hydrogen (secondary N) is 1. The fraction of sp³-hybridized carbons (Fsp3) is 0.429.